The molecule has 6 heteroatoms. The van der Waals surface area contributed by atoms with Crippen LogP contribution in [0.2, 0.25) is 0 Å². The first-order valence-corrected chi connectivity index (χ1v) is 10.3. The molecule has 2 heterocycles. The molecule has 5 nitrogen and oxygen atoms in total. The van der Waals surface area contributed by atoms with Gasteiger partial charge in [0.1, 0.15) is 0 Å². The highest BCUT2D eigenvalue weighted by atomic mass is 32.1. The van der Waals surface area contributed by atoms with Crippen LogP contribution in [0.3, 0.4) is 0 Å². The van der Waals surface area contributed by atoms with Crippen molar-refractivity contribution in [2.75, 3.05) is 0 Å². The van der Waals surface area contributed by atoms with E-state index < -0.39 is 0 Å². The fourth-order valence-electron chi connectivity index (χ4n) is 4.50. The van der Waals surface area contributed by atoms with Crippen molar-refractivity contribution in [2.24, 2.45) is 0 Å². The van der Waals surface area contributed by atoms with Gasteiger partial charge in [-0.3, -0.25) is 9.20 Å². The van der Waals surface area contributed by atoms with E-state index in [-0.39, 0.29) is 11.0 Å². The topological polar surface area (TPSA) is 55.1 Å². The minimum absolute atomic E-state index is 0.0239. The Morgan fingerprint density at radius 2 is 1.90 bits per heavy atom. The zero-order valence-electron chi connectivity index (χ0n) is 16.7. The summed E-state index contributed by atoms with van der Waals surface area (Å²) in [5.41, 5.74) is 5.60. The largest absolute Gasteiger partial charge is 0.268 e. The molecule has 0 saturated heterocycles. The molecule has 1 unspecified atom stereocenters. The van der Waals surface area contributed by atoms with Crippen molar-refractivity contribution in [2.45, 2.75) is 39.0 Å². The number of aromatic nitrogens is 4. The molecule has 0 bridgehead atoms. The lowest BCUT2D eigenvalue weighted by molar-refractivity contribution is 0.438. The van der Waals surface area contributed by atoms with Crippen LogP contribution in [0.25, 0.3) is 22.7 Å². The summed E-state index contributed by atoms with van der Waals surface area (Å²) in [6.07, 6.45) is 1.68. The number of H-pyrrole nitrogens is 1. The molecule has 2 aromatic carbocycles. The van der Waals surface area contributed by atoms with Gasteiger partial charge in [-0.15, -0.1) is 5.10 Å². The van der Waals surface area contributed by atoms with Gasteiger partial charge in [-0.25, -0.2) is 9.67 Å². The molecule has 4 aromatic rings. The molecule has 0 fully saturated rings. The molecule has 2 aromatic heterocycles. The van der Waals surface area contributed by atoms with E-state index in [1.54, 1.807) is 4.57 Å². The Morgan fingerprint density at radius 3 is 2.62 bits per heavy atom. The number of hydrogen-bond donors (Lipinski definition) is 1. The van der Waals surface area contributed by atoms with E-state index in [4.69, 9.17) is 12.2 Å². The molecule has 0 saturated carbocycles. The molecule has 5 rings (SSSR count). The van der Waals surface area contributed by atoms with E-state index in [0.29, 0.717) is 10.5 Å². The quantitative estimate of drug-likeness (QED) is 0.493. The van der Waals surface area contributed by atoms with E-state index in [0.717, 1.165) is 40.9 Å². The maximum atomic E-state index is 14.0. The number of rotatable bonds is 2. The second kappa shape index (κ2) is 6.26. The lowest BCUT2D eigenvalue weighted by atomic mass is 9.69. The Morgan fingerprint density at radius 1 is 1.17 bits per heavy atom. The van der Waals surface area contributed by atoms with Crippen molar-refractivity contribution < 1.29 is 0 Å². The number of hydrogen-bond acceptors (Lipinski definition) is 3. The van der Waals surface area contributed by atoms with Gasteiger partial charge in [-0.2, -0.15) is 0 Å². The molecular weight excluding hydrogens is 380 g/mol. The third-order valence-electron chi connectivity index (χ3n) is 6.26. The van der Waals surface area contributed by atoms with Crippen LogP contribution in [0.5, 0.6) is 0 Å². The Bertz CT molecular complexity index is 1380. The second-order valence-corrected chi connectivity index (χ2v) is 8.50. The van der Waals surface area contributed by atoms with Crippen LogP contribution in [-0.2, 0) is 11.8 Å². The highest BCUT2D eigenvalue weighted by Crippen LogP contribution is 2.43. The zero-order valence-corrected chi connectivity index (χ0v) is 17.5. The fourth-order valence-corrected chi connectivity index (χ4v) is 4.72. The predicted octanol–water partition coefficient (Wildman–Crippen LogP) is 4.74. The summed E-state index contributed by atoms with van der Waals surface area (Å²) in [6, 6.07) is 16.2. The van der Waals surface area contributed by atoms with Gasteiger partial charge < -0.3 is 0 Å². The van der Waals surface area contributed by atoms with E-state index >= 15 is 0 Å². The second-order valence-electron chi connectivity index (χ2n) is 8.11. The Balaban J connectivity index is 2.02. The average Bonchev–Trinajstić information content (AvgIpc) is 3.10. The normalized spacial score (nSPS) is 17.9. The molecule has 1 N–H and O–H groups in total. The van der Waals surface area contributed by atoms with E-state index in [9.17, 15) is 4.79 Å². The molecule has 146 valence electrons. The van der Waals surface area contributed by atoms with Crippen LogP contribution in [0.1, 0.15) is 37.0 Å². The summed E-state index contributed by atoms with van der Waals surface area (Å²) in [6.45, 7) is 6.36. The first-order valence-electron chi connectivity index (χ1n) is 9.86. The number of benzene rings is 2. The number of fused-ring (bicyclic) bond motifs is 5. The molecule has 29 heavy (non-hydrogen) atoms. The van der Waals surface area contributed by atoms with Gasteiger partial charge in [0.15, 0.2) is 0 Å². The average molecular weight is 403 g/mol. The van der Waals surface area contributed by atoms with Gasteiger partial charge in [-0.1, -0.05) is 55.8 Å². The predicted molar refractivity (Wildman–Crippen MR) is 117 cm³/mol. The number of aromatic amines is 1. The molecule has 0 spiro atoms. The lowest BCUT2D eigenvalue weighted by Crippen LogP contribution is -2.39. The van der Waals surface area contributed by atoms with Gasteiger partial charge >= 0.3 is 0 Å². The summed E-state index contributed by atoms with van der Waals surface area (Å²) >= 11 is 5.62. The molecule has 0 aliphatic heterocycles. The zero-order chi connectivity index (χ0) is 20.3. The molecule has 0 amide bonds. The van der Waals surface area contributed by atoms with Crippen LogP contribution in [0.15, 0.2) is 53.3 Å². The first kappa shape index (κ1) is 18.1. The van der Waals surface area contributed by atoms with Crippen LogP contribution in [-0.4, -0.2) is 19.2 Å². The van der Waals surface area contributed by atoms with Gasteiger partial charge in [0.05, 0.1) is 11.4 Å². The summed E-state index contributed by atoms with van der Waals surface area (Å²) in [4.78, 5) is 14.0. The van der Waals surface area contributed by atoms with Gasteiger partial charge in [0, 0.05) is 16.5 Å². The summed E-state index contributed by atoms with van der Waals surface area (Å²) in [7, 11) is 0. The fraction of sp³-hybridized carbons (Fsp3) is 0.261. The van der Waals surface area contributed by atoms with Gasteiger partial charge in [0.25, 0.3) is 5.56 Å². The standard InChI is InChI=1S/C23H22N4OS/c1-4-23(3)13-15-7-5-6-8-17(15)19-18(23)20(28)26(16-11-9-14(2)10-12-16)21-24-25-22(29)27(19)21/h5-12H,4,13H2,1-3H3,(H,25,29). The van der Waals surface area contributed by atoms with E-state index in [1.807, 2.05) is 41.7 Å². The number of nitrogens with zero attached hydrogens (tertiary/aromatic N) is 3. The number of aryl methyl sites for hydroxylation is 1. The number of nitrogens with one attached hydrogen (secondary N) is 1. The Hall–Kier alpha value is -2.99. The highest BCUT2D eigenvalue weighted by molar-refractivity contribution is 7.71. The van der Waals surface area contributed by atoms with Crippen molar-refractivity contribution >= 4 is 18.0 Å². The third-order valence-corrected chi connectivity index (χ3v) is 6.54. The minimum Gasteiger partial charge on any atom is -0.268 e. The van der Waals surface area contributed by atoms with Crippen LogP contribution in [0.4, 0.5) is 0 Å². The van der Waals surface area contributed by atoms with Crippen LogP contribution >= 0.6 is 12.2 Å². The maximum Gasteiger partial charge on any atom is 0.263 e. The molecule has 1 atom stereocenters. The SMILES string of the molecule is CCC1(C)Cc2ccccc2-c2c1c(=O)n(-c1ccc(C)cc1)c1n[nH]c(=S)n21. The minimum atomic E-state index is -0.284. The maximum absolute atomic E-state index is 14.0. The van der Waals surface area contributed by atoms with Crippen molar-refractivity contribution in [3.05, 3.63) is 80.3 Å². The molecule has 1 aliphatic rings. The third kappa shape index (κ3) is 2.48. The summed E-state index contributed by atoms with van der Waals surface area (Å²) in [5.74, 6) is 0.512. The van der Waals surface area contributed by atoms with Crippen LogP contribution < -0.4 is 5.56 Å². The van der Waals surface area contributed by atoms with Gasteiger partial charge in [0.2, 0.25) is 10.5 Å². The monoisotopic (exact) mass is 402 g/mol. The van der Waals surface area contributed by atoms with Crippen molar-refractivity contribution in [1.29, 1.82) is 0 Å². The van der Waals surface area contributed by atoms with E-state index in [1.165, 1.54) is 5.56 Å². The lowest BCUT2D eigenvalue weighted by Gasteiger charge is -2.36. The van der Waals surface area contributed by atoms with Crippen molar-refractivity contribution in [1.82, 2.24) is 19.2 Å². The Labute approximate surface area is 173 Å². The molecular formula is C23H22N4OS. The highest BCUT2D eigenvalue weighted by Gasteiger charge is 2.39. The smallest absolute Gasteiger partial charge is 0.263 e. The molecule has 0 radical (unpaired) electrons. The van der Waals surface area contributed by atoms with E-state index in [2.05, 4.69) is 42.2 Å². The first-order chi connectivity index (χ1) is 13.9. The molecule has 1 aliphatic carbocycles. The summed E-state index contributed by atoms with van der Waals surface area (Å²) in [5, 5.41) is 7.35. The van der Waals surface area contributed by atoms with Crippen molar-refractivity contribution in [3.63, 3.8) is 0 Å². The Kier molecular flexibility index (Phi) is 3.90. The van der Waals surface area contributed by atoms with Gasteiger partial charge in [-0.05, 0) is 49.7 Å². The summed E-state index contributed by atoms with van der Waals surface area (Å²) < 4.78 is 4.11. The van der Waals surface area contributed by atoms with Crippen molar-refractivity contribution in [3.8, 4) is 16.9 Å². The van der Waals surface area contributed by atoms with Crippen LogP contribution in [0, 0.1) is 11.7 Å².